The van der Waals surface area contributed by atoms with Gasteiger partial charge in [-0.2, -0.15) is 10.5 Å². The fraction of sp³-hybridized carbons (Fsp3) is 0. The number of nitriles is 2. The van der Waals surface area contributed by atoms with Crippen LogP contribution in [0.15, 0.2) is 18.2 Å². The molecule has 0 aliphatic rings. The van der Waals surface area contributed by atoms with Crippen LogP contribution < -0.4 is 0 Å². The highest BCUT2D eigenvalue weighted by atomic mass is 35.5. The van der Waals surface area contributed by atoms with Gasteiger partial charge in [-0.1, -0.05) is 23.2 Å². The molecule has 0 saturated carbocycles. The summed E-state index contributed by atoms with van der Waals surface area (Å²) < 4.78 is 0. The van der Waals surface area contributed by atoms with E-state index in [-0.39, 0.29) is 11.4 Å². The topological polar surface area (TPSA) is 76.3 Å². The van der Waals surface area contributed by atoms with Crippen molar-refractivity contribution >= 4 is 23.2 Å². The number of benzene rings is 1. The lowest BCUT2D eigenvalue weighted by Crippen LogP contribution is -1.81. The van der Waals surface area contributed by atoms with Crippen LogP contribution in [0.4, 0.5) is 0 Å². The van der Waals surface area contributed by atoms with Gasteiger partial charge in [0.15, 0.2) is 11.4 Å². The Morgan fingerprint density at radius 3 is 2.41 bits per heavy atom. The van der Waals surface area contributed by atoms with E-state index < -0.39 is 0 Å². The summed E-state index contributed by atoms with van der Waals surface area (Å²) in [7, 11) is 0. The molecule has 1 aromatic carbocycles. The molecule has 0 spiro atoms. The van der Waals surface area contributed by atoms with Gasteiger partial charge in [-0.25, -0.2) is 4.98 Å². The molecule has 1 heterocycles. The van der Waals surface area contributed by atoms with E-state index in [1.165, 1.54) is 0 Å². The van der Waals surface area contributed by atoms with Crippen molar-refractivity contribution in [1.29, 1.82) is 10.5 Å². The molecule has 0 atom stereocenters. The van der Waals surface area contributed by atoms with Crippen molar-refractivity contribution < 1.29 is 0 Å². The van der Waals surface area contributed by atoms with Gasteiger partial charge < -0.3 is 4.98 Å². The molecule has 0 amide bonds. The molecule has 0 radical (unpaired) electrons. The molecular formula is C11H4Cl2N4. The van der Waals surface area contributed by atoms with Crippen LogP contribution in [0.1, 0.15) is 11.4 Å². The number of aromatic nitrogens is 2. The lowest BCUT2D eigenvalue weighted by atomic mass is 10.2. The zero-order valence-electron chi connectivity index (χ0n) is 8.33. The molecule has 0 unspecified atom stereocenters. The summed E-state index contributed by atoms with van der Waals surface area (Å²) in [6.45, 7) is 0. The second-order valence-electron chi connectivity index (χ2n) is 3.16. The summed E-state index contributed by atoms with van der Waals surface area (Å²) >= 11 is 11.7. The van der Waals surface area contributed by atoms with Crippen molar-refractivity contribution in [3.8, 4) is 23.5 Å². The largest absolute Gasteiger partial charge is 0.329 e. The minimum atomic E-state index is 0.0635. The predicted octanol–water partition coefficient (Wildman–Crippen LogP) is 3.13. The van der Waals surface area contributed by atoms with E-state index in [1.54, 1.807) is 18.2 Å². The molecule has 1 aromatic heterocycles. The van der Waals surface area contributed by atoms with E-state index in [2.05, 4.69) is 9.97 Å². The van der Waals surface area contributed by atoms with Crippen LogP contribution in [0.25, 0.3) is 11.4 Å². The van der Waals surface area contributed by atoms with E-state index in [0.29, 0.717) is 21.4 Å². The summed E-state index contributed by atoms with van der Waals surface area (Å²) in [5, 5.41) is 18.4. The number of nitrogens with zero attached hydrogens (tertiary/aromatic N) is 3. The molecule has 0 saturated heterocycles. The van der Waals surface area contributed by atoms with Crippen LogP contribution in [0.3, 0.4) is 0 Å². The molecule has 17 heavy (non-hydrogen) atoms. The van der Waals surface area contributed by atoms with E-state index in [1.807, 2.05) is 12.1 Å². The fourth-order valence-corrected chi connectivity index (χ4v) is 1.61. The average molecular weight is 263 g/mol. The first-order valence-electron chi connectivity index (χ1n) is 4.51. The second-order valence-corrected chi connectivity index (χ2v) is 3.98. The third-order valence-corrected chi connectivity index (χ3v) is 2.85. The lowest BCUT2D eigenvalue weighted by Gasteiger charge is -1.99. The molecule has 2 rings (SSSR count). The maximum absolute atomic E-state index is 8.79. The number of H-pyrrole nitrogens is 1. The Morgan fingerprint density at radius 2 is 1.88 bits per heavy atom. The molecular weight excluding hydrogens is 259 g/mol. The molecule has 1 N–H and O–H groups in total. The van der Waals surface area contributed by atoms with Crippen LogP contribution in [0.2, 0.25) is 10.0 Å². The highest BCUT2D eigenvalue weighted by Gasteiger charge is 2.11. The van der Waals surface area contributed by atoms with Gasteiger partial charge in [-0.05, 0) is 18.2 Å². The highest BCUT2D eigenvalue weighted by Crippen LogP contribution is 2.27. The number of hydrogen-bond donors (Lipinski definition) is 1. The molecule has 2 aromatic rings. The van der Waals surface area contributed by atoms with Crippen molar-refractivity contribution in [2.75, 3.05) is 0 Å². The zero-order chi connectivity index (χ0) is 12.4. The van der Waals surface area contributed by atoms with Crippen LogP contribution in [-0.4, -0.2) is 9.97 Å². The number of hydrogen-bond acceptors (Lipinski definition) is 3. The molecule has 0 bridgehead atoms. The van der Waals surface area contributed by atoms with Gasteiger partial charge in [-0.15, -0.1) is 0 Å². The minimum Gasteiger partial charge on any atom is -0.329 e. The van der Waals surface area contributed by atoms with E-state index >= 15 is 0 Å². The zero-order valence-corrected chi connectivity index (χ0v) is 9.84. The molecule has 6 heteroatoms. The molecule has 0 aliphatic carbocycles. The number of halogens is 2. The van der Waals surface area contributed by atoms with Gasteiger partial charge >= 0.3 is 0 Å². The van der Waals surface area contributed by atoms with Crippen LogP contribution in [0.5, 0.6) is 0 Å². The summed E-state index contributed by atoms with van der Waals surface area (Å²) in [6.07, 6.45) is 0. The maximum Gasteiger partial charge on any atom is 0.177 e. The minimum absolute atomic E-state index is 0.0635. The summed E-state index contributed by atoms with van der Waals surface area (Å²) in [5.41, 5.74) is 0.861. The van der Waals surface area contributed by atoms with Gasteiger partial charge in [0.1, 0.15) is 18.0 Å². The van der Waals surface area contributed by atoms with Crippen molar-refractivity contribution in [1.82, 2.24) is 9.97 Å². The Bertz CT molecular complexity index is 630. The first-order chi connectivity index (χ1) is 8.15. The SMILES string of the molecule is N#Cc1nc(-c2ccc(Cl)c(Cl)c2)[nH]c1C#N. The molecule has 0 fully saturated rings. The van der Waals surface area contributed by atoms with Crippen LogP contribution in [-0.2, 0) is 0 Å². The van der Waals surface area contributed by atoms with Crippen molar-refractivity contribution in [3.63, 3.8) is 0 Å². The smallest absolute Gasteiger partial charge is 0.177 e. The highest BCUT2D eigenvalue weighted by molar-refractivity contribution is 6.42. The first-order valence-corrected chi connectivity index (χ1v) is 5.27. The van der Waals surface area contributed by atoms with Crippen molar-refractivity contribution in [2.45, 2.75) is 0 Å². The van der Waals surface area contributed by atoms with Crippen molar-refractivity contribution in [3.05, 3.63) is 39.6 Å². The predicted molar refractivity (Wildman–Crippen MR) is 63.5 cm³/mol. The van der Waals surface area contributed by atoms with E-state index in [9.17, 15) is 0 Å². The Balaban J connectivity index is 2.55. The summed E-state index contributed by atoms with van der Waals surface area (Å²) in [4.78, 5) is 6.75. The number of aromatic amines is 1. The number of nitrogens with one attached hydrogen (secondary N) is 1. The monoisotopic (exact) mass is 262 g/mol. The Kier molecular flexibility index (Phi) is 3.01. The Labute approximate surface area is 107 Å². The van der Waals surface area contributed by atoms with Crippen LogP contribution in [0, 0.1) is 22.7 Å². The number of imidazole rings is 1. The van der Waals surface area contributed by atoms with Gasteiger partial charge in [0.2, 0.25) is 0 Å². The standard InChI is InChI=1S/C11H4Cl2N4/c12-7-2-1-6(3-8(7)13)11-16-9(4-14)10(5-15)17-11/h1-3H,(H,16,17). The van der Waals surface area contributed by atoms with Gasteiger partial charge in [0, 0.05) is 5.56 Å². The van der Waals surface area contributed by atoms with E-state index in [0.717, 1.165) is 0 Å². The number of rotatable bonds is 1. The Hall–Kier alpha value is -2.01. The molecule has 0 aliphatic heterocycles. The van der Waals surface area contributed by atoms with Crippen molar-refractivity contribution in [2.24, 2.45) is 0 Å². The third-order valence-electron chi connectivity index (χ3n) is 2.11. The normalized spacial score (nSPS) is 9.65. The molecule has 4 nitrogen and oxygen atoms in total. The van der Waals surface area contributed by atoms with Crippen LogP contribution >= 0.6 is 23.2 Å². The third kappa shape index (κ3) is 2.09. The lowest BCUT2D eigenvalue weighted by molar-refractivity contribution is 1.29. The van der Waals surface area contributed by atoms with Gasteiger partial charge in [0.25, 0.3) is 0 Å². The average Bonchev–Trinajstić information content (AvgIpc) is 2.75. The summed E-state index contributed by atoms with van der Waals surface area (Å²) in [5.74, 6) is 0.414. The second kappa shape index (κ2) is 4.47. The first kappa shape index (κ1) is 11.5. The Morgan fingerprint density at radius 1 is 1.12 bits per heavy atom. The van der Waals surface area contributed by atoms with Gasteiger partial charge in [-0.3, -0.25) is 0 Å². The molecule has 82 valence electrons. The fourth-order valence-electron chi connectivity index (χ4n) is 1.32. The van der Waals surface area contributed by atoms with E-state index in [4.69, 9.17) is 33.7 Å². The quantitative estimate of drug-likeness (QED) is 0.858. The summed E-state index contributed by atoms with van der Waals surface area (Å²) in [6, 6.07) is 8.65. The maximum atomic E-state index is 8.79. The van der Waals surface area contributed by atoms with Gasteiger partial charge in [0.05, 0.1) is 10.0 Å².